The van der Waals surface area contributed by atoms with Gasteiger partial charge >= 0.3 is 0 Å². The summed E-state index contributed by atoms with van der Waals surface area (Å²) in [6, 6.07) is 8.67. The van der Waals surface area contributed by atoms with Gasteiger partial charge in [0.05, 0.1) is 21.2 Å². The van der Waals surface area contributed by atoms with Crippen molar-refractivity contribution in [2.45, 2.75) is 16.2 Å². The van der Waals surface area contributed by atoms with Crippen molar-refractivity contribution >= 4 is 48.9 Å². The van der Waals surface area contributed by atoms with Crippen LogP contribution in [0.3, 0.4) is 0 Å². The SMILES string of the molecule is NS(=O)(=O)c1ccc(NS(=O)(=O)c2ccc3c(c2)NC(=O)CC(=O)N3)cc1. The van der Waals surface area contributed by atoms with E-state index < -0.39 is 31.9 Å². The Morgan fingerprint density at radius 2 is 1.37 bits per heavy atom. The normalized spacial score (nSPS) is 14.6. The van der Waals surface area contributed by atoms with Crippen molar-refractivity contribution in [3.8, 4) is 0 Å². The van der Waals surface area contributed by atoms with Crippen molar-refractivity contribution in [3.05, 3.63) is 42.5 Å². The number of carbonyl (C=O) groups is 2. The third-order valence-corrected chi connectivity index (χ3v) is 5.91. The van der Waals surface area contributed by atoms with Crippen LogP contribution in [0, 0.1) is 0 Å². The fourth-order valence-electron chi connectivity index (χ4n) is 2.36. The summed E-state index contributed by atoms with van der Waals surface area (Å²) >= 11 is 0. The molecule has 12 heteroatoms. The monoisotopic (exact) mass is 410 g/mol. The van der Waals surface area contributed by atoms with Crippen LogP contribution in [0.1, 0.15) is 6.42 Å². The van der Waals surface area contributed by atoms with E-state index in [0.717, 1.165) is 0 Å². The Hall–Kier alpha value is -2.96. The minimum Gasteiger partial charge on any atom is -0.324 e. The summed E-state index contributed by atoms with van der Waals surface area (Å²) < 4.78 is 49.9. The van der Waals surface area contributed by atoms with E-state index in [-0.39, 0.29) is 33.3 Å². The highest BCUT2D eigenvalue weighted by Gasteiger charge is 2.22. The highest BCUT2D eigenvalue weighted by atomic mass is 32.2. The maximum absolute atomic E-state index is 12.5. The number of amides is 2. The molecule has 142 valence electrons. The van der Waals surface area contributed by atoms with Crippen LogP contribution < -0.4 is 20.5 Å². The van der Waals surface area contributed by atoms with Crippen LogP contribution in [0.25, 0.3) is 0 Å². The molecule has 10 nitrogen and oxygen atoms in total. The van der Waals surface area contributed by atoms with Crippen LogP contribution in [0.15, 0.2) is 52.3 Å². The number of sulfonamides is 2. The number of primary sulfonamides is 1. The minimum atomic E-state index is -4.03. The highest BCUT2D eigenvalue weighted by Crippen LogP contribution is 2.28. The fraction of sp³-hybridized carbons (Fsp3) is 0.0667. The number of nitrogens with two attached hydrogens (primary N) is 1. The average Bonchev–Trinajstić information content (AvgIpc) is 2.69. The average molecular weight is 410 g/mol. The standard InChI is InChI=1S/C15H14N4O6S2/c16-26(22,23)10-3-1-9(2-4-10)19-27(24,25)11-5-6-12-13(7-11)18-15(21)8-14(20)17-12/h1-7,19H,8H2,(H,17,20)(H,18,21)(H2,16,22,23). The van der Waals surface area contributed by atoms with Crippen molar-refractivity contribution < 1.29 is 26.4 Å². The van der Waals surface area contributed by atoms with Gasteiger partial charge in [0.2, 0.25) is 21.8 Å². The lowest BCUT2D eigenvalue weighted by Gasteiger charge is -2.12. The molecule has 0 fully saturated rings. The number of hydrogen-bond donors (Lipinski definition) is 4. The molecule has 1 heterocycles. The molecule has 1 aliphatic rings. The van der Waals surface area contributed by atoms with Crippen LogP contribution in [0.4, 0.5) is 17.1 Å². The first-order valence-corrected chi connectivity index (χ1v) is 10.5. The molecule has 0 aromatic heterocycles. The van der Waals surface area contributed by atoms with E-state index >= 15 is 0 Å². The van der Waals surface area contributed by atoms with Gasteiger partial charge in [0.1, 0.15) is 6.42 Å². The van der Waals surface area contributed by atoms with Crippen LogP contribution in [0.5, 0.6) is 0 Å². The molecular formula is C15H14N4O6S2. The zero-order valence-electron chi connectivity index (χ0n) is 13.6. The molecule has 0 bridgehead atoms. The Balaban J connectivity index is 1.89. The number of hydrogen-bond acceptors (Lipinski definition) is 6. The van der Waals surface area contributed by atoms with E-state index in [0.29, 0.717) is 0 Å². The van der Waals surface area contributed by atoms with E-state index in [1.807, 2.05) is 0 Å². The van der Waals surface area contributed by atoms with E-state index in [2.05, 4.69) is 15.4 Å². The molecule has 5 N–H and O–H groups in total. The number of rotatable bonds is 4. The van der Waals surface area contributed by atoms with Gasteiger partial charge in [-0.3, -0.25) is 14.3 Å². The molecule has 0 unspecified atom stereocenters. The Labute approximate surface area is 154 Å². The number of fused-ring (bicyclic) bond motifs is 1. The summed E-state index contributed by atoms with van der Waals surface area (Å²) in [5, 5.41) is 9.95. The van der Waals surface area contributed by atoms with Crippen molar-refractivity contribution in [2.24, 2.45) is 5.14 Å². The first-order chi connectivity index (χ1) is 12.5. The largest absolute Gasteiger partial charge is 0.324 e. The van der Waals surface area contributed by atoms with Gasteiger partial charge in [0.15, 0.2) is 0 Å². The van der Waals surface area contributed by atoms with Crippen LogP contribution in [-0.4, -0.2) is 28.6 Å². The van der Waals surface area contributed by atoms with Gasteiger partial charge in [-0.25, -0.2) is 22.0 Å². The van der Waals surface area contributed by atoms with Gasteiger partial charge in [0.25, 0.3) is 10.0 Å². The first kappa shape index (κ1) is 18.8. The summed E-state index contributed by atoms with van der Waals surface area (Å²) in [6.45, 7) is 0. The lowest BCUT2D eigenvalue weighted by molar-refractivity contribution is -0.123. The van der Waals surface area contributed by atoms with E-state index in [4.69, 9.17) is 5.14 Å². The number of carbonyl (C=O) groups excluding carboxylic acids is 2. The molecule has 27 heavy (non-hydrogen) atoms. The molecule has 0 aliphatic carbocycles. The number of nitrogens with one attached hydrogen (secondary N) is 3. The number of benzene rings is 2. The maximum atomic E-state index is 12.5. The Morgan fingerprint density at radius 1 is 0.815 bits per heavy atom. The van der Waals surface area contributed by atoms with Gasteiger partial charge < -0.3 is 10.6 Å². The van der Waals surface area contributed by atoms with Crippen LogP contribution in [0.2, 0.25) is 0 Å². The molecule has 0 atom stereocenters. The van der Waals surface area contributed by atoms with Crippen LogP contribution >= 0.6 is 0 Å². The van der Waals surface area contributed by atoms with Crippen molar-refractivity contribution in [1.82, 2.24) is 0 Å². The van der Waals surface area contributed by atoms with Crippen molar-refractivity contribution in [2.75, 3.05) is 15.4 Å². The van der Waals surface area contributed by atoms with Crippen LogP contribution in [-0.2, 0) is 29.6 Å². The molecule has 1 aliphatic heterocycles. The van der Waals surface area contributed by atoms with Crippen molar-refractivity contribution in [3.63, 3.8) is 0 Å². The quantitative estimate of drug-likeness (QED) is 0.533. The lowest BCUT2D eigenvalue weighted by atomic mass is 10.2. The summed E-state index contributed by atoms with van der Waals surface area (Å²) in [5.74, 6) is -1.07. The summed E-state index contributed by atoms with van der Waals surface area (Å²) in [7, 11) is -7.92. The van der Waals surface area contributed by atoms with Gasteiger partial charge in [-0.05, 0) is 42.5 Å². The minimum absolute atomic E-state index is 0.120. The third-order valence-electron chi connectivity index (χ3n) is 3.61. The molecule has 2 aromatic rings. The zero-order valence-corrected chi connectivity index (χ0v) is 15.2. The zero-order chi connectivity index (χ0) is 19.8. The second-order valence-electron chi connectivity index (χ2n) is 5.66. The predicted octanol–water partition coefficient (Wildman–Crippen LogP) is 0.415. The fourth-order valence-corrected chi connectivity index (χ4v) is 3.96. The molecule has 0 saturated heterocycles. The Kier molecular flexibility index (Phi) is 4.63. The highest BCUT2D eigenvalue weighted by molar-refractivity contribution is 7.92. The van der Waals surface area contributed by atoms with E-state index in [9.17, 15) is 26.4 Å². The maximum Gasteiger partial charge on any atom is 0.261 e. The van der Waals surface area contributed by atoms with Crippen molar-refractivity contribution in [1.29, 1.82) is 0 Å². The summed E-state index contributed by atoms with van der Waals surface area (Å²) in [4.78, 5) is 22.8. The molecule has 0 spiro atoms. The molecule has 2 amide bonds. The lowest BCUT2D eigenvalue weighted by Crippen LogP contribution is -2.16. The molecule has 0 saturated carbocycles. The van der Waals surface area contributed by atoms with Gasteiger partial charge in [-0.1, -0.05) is 0 Å². The predicted molar refractivity (Wildman–Crippen MR) is 96.9 cm³/mol. The smallest absolute Gasteiger partial charge is 0.261 e. The Morgan fingerprint density at radius 3 is 1.96 bits per heavy atom. The molecule has 3 rings (SSSR count). The third kappa shape index (κ3) is 4.24. The molecular weight excluding hydrogens is 396 g/mol. The second-order valence-corrected chi connectivity index (χ2v) is 8.90. The van der Waals surface area contributed by atoms with E-state index in [1.165, 1.54) is 42.5 Å². The topological polar surface area (TPSA) is 165 Å². The summed E-state index contributed by atoms with van der Waals surface area (Å²) in [5.41, 5.74) is 0.551. The van der Waals surface area contributed by atoms with Gasteiger partial charge in [-0.2, -0.15) is 0 Å². The number of anilines is 3. The van der Waals surface area contributed by atoms with Gasteiger partial charge in [0, 0.05) is 5.69 Å². The second kappa shape index (κ2) is 6.64. The molecule has 2 aromatic carbocycles. The summed E-state index contributed by atoms with van der Waals surface area (Å²) in [6.07, 6.45) is -0.370. The first-order valence-electron chi connectivity index (χ1n) is 7.44. The Bertz CT molecular complexity index is 1140. The van der Waals surface area contributed by atoms with E-state index in [1.54, 1.807) is 0 Å². The molecule has 0 radical (unpaired) electrons. The van der Waals surface area contributed by atoms with Gasteiger partial charge in [-0.15, -0.1) is 0 Å².